The standard InChI is InChI=1S/C14H14ClN3O/c1-9-3-8-12(14(17-9)19-2)13(16)18-11-6-4-10(15)5-7-11/h3-8H,1-2H3,(H2,16,18). The Hall–Kier alpha value is -2.07. The zero-order valence-corrected chi connectivity index (χ0v) is 11.5. The van der Waals surface area contributed by atoms with Gasteiger partial charge in [-0.1, -0.05) is 11.6 Å². The molecule has 1 aromatic carbocycles. The van der Waals surface area contributed by atoms with Crippen molar-refractivity contribution in [3.8, 4) is 5.88 Å². The summed E-state index contributed by atoms with van der Waals surface area (Å²) in [5.41, 5.74) is 8.25. The van der Waals surface area contributed by atoms with Crippen LogP contribution >= 0.6 is 11.6 Å². The molecule has 0 bridgehead atoms. The molecular weight excluding hydrogens is 262 g/mol. The van der Waals surface area contributed by atoms with E-state index in [4.69, 9.17) is 22.1 Å². The minimum atomic E-state index is 0.353. The molecule has 0 aliphatic rings. The third-order valence-electron chi connectivity index (χ3n) is 2.54. The summed E-state index contributed by atoms with van der Waals surface area (Å²) in [4.78, 5) is 8.59. The van der Waals surface area contributed by atoms with Gasteiger partial charge in [-0.25, -0.2) is 9.98 Å². The molecule has 19 heavy (non-hydrogen) atoms. The fourth-order valence-corrected chi connectivity index (χ4v) is 1.72. The van der Waals surface area contributed by atoms with Gasteiger partial charge in [-0.15, -0.1) is 0 Å². The molecule has 0 aliphatic carbocycles. The van der Waals surface area contributed by atoms with Crippen LogP contribution in [0, 0.1) is 6.92 Å². The fourth-order valence-electron chi connectivity index (χ4n) is 1.60. The van der Waals surface area contributed by atoms with Crippen molar-refractivity contribution >= 4 is 23.1 Å². The van der Waals surface area contributed by atoms with E-state index in [9.17, 15) is 0 Å². The first-order valence-corrected chi connectivity index (χ1v) is 6.09. The molecule has 0 atom stereocenters. The number of aromatic nitrogens is 1. The lowest BCUT2D eigenvalue weighted by Gasteiger charge is -2.07. The van der Waals surface area contributed by atoms with Crippen LogP contribution in [0.25, 0.3) is 0 Å². The van der Waals surface area contributed by atoms with E-state index >= 15 is 0 Å². The maximum atomic E-state index is 5.99. The van der Waals surface area contributed by atoms with Crippen LogP contribution in [0.3, 0.4) is 0 Å². The van der Waals surface area contributed by atoms with E-state index in [0.29, 0.717) is 22.3 Å². The Kier molecular flexibility index (Phi) is 4.02. The second-order valence-corrected chi connectivity index (χ2v) is 4.42. The van der Waals surface area contributed by atoms with Crippen molar-refractivity contribution in [1.29, 1.82) is 0 Å². The van der Waals surface area contributed by atoms with Crippen molar-refractivity contribution in [2.24, 2.45) is 10.7 Å². The molecule has 2 rings (SSSR count). The summed E-state index contributed by atoms with van der Waals surface area (Å²) in [6.07, 6.45) is 0. The summed E-state index contributed by atoms with van der Waals surface area (Å²) in [6.45, 7) is 1.89. The van der Waals surface area contributed by atoms with E-state index < -0.39 is 0 Å². The molecule has 0 amide bonds. The minimum Gasteiger partial charge on any atom is -0.480 e. The molecule has 2 aromatic rings. The lowest BCUT2D eigenvalue weighted by Crippen LogP contribution is -2.15. The normalized spacial score (nSPS) is 11.4. The van der Waals surface area contributed by atoms with Crippen LogP contribution in [-0.4, -0.2) is 17.9 Å². The smallest absolute Gasteiger partial charge is 0.224 e. The van der Waals surface area contributed by atoms with E-state index in [0.717, 1.165) is 11.4 Å². The third kappa shape index (κ3) is 3.23. The van der Waals surface area contributed by atoms with Crippen LogP contribution in [0.4, 0.5) is 5.69 Å². The maximum Gasteiger partial charge on any atom is 0.224 e. The largest absolute Gasteiger partial charge is 0.480 e. The number of halogens is 1. The van der Waals surface area contributed by atoms with Crippen molar-refractivity contribution in [2.45, 2.75) is 6.92 Å². The number of nitrogens with two attached hydrogens (primary N) is 1. The highest BCUT2D eigenvalue weighted by Gasteiger charge is 2.08. The number of nitrogens with zero attached hydrogens (tertiary/aromatic N) is 2. The van der Waals surface area contributed by atoms with Crippen molar-refractivity contribution in [1.82, 2.24) is 4.98 Å². The molecule has 0 saturated carbocycles. The number of aryl methyl sites for hydroxylation is 1. The van der Waals surface area contributed by atoms with Crippen molar-refractivity contribution in [3.05, 3.63) is 52.7 Å². The van der Waals surface area contributed by atoms with E-state index in [1.807, 2.05) is 19.1 Å². The fraction of sp³-hybridized carbons (Fsp3) is 0.143. The van der Waals surface area contributed by atoms with Gasteiger partial charge in [0.25, 0.3) is 0 Å². The first kappa shape index (κ1) is 13.4. The molecule has 1 aromatic heterocycles. The molecule has 0 aliphatic heterocycles. The number of methoxy groups -OCH3 is 1. The quantitative estimate of drug-likeness (QED) is 0.692. The van der Waals surface area contributed by atoms with E-state index in [2.05, 4.69) is 9.98 Å². The van der Waals surface area contributed by atoms with Crippen LogP contribution in [0.1, 0.15) is 11.3 Å². The Morgan fingerprint density at radius 2 is 1.89 bits per heavy atom. The average Bonchev–Trinajstić information content (AvgIpc) is 2.41. The third-order valence-corrected chi connectivity index (χ3v) is 2.80. The number of hydrogen-bond acceptors (Lipinski definition) is 3. The summed E-state index contributed by atoms with van der Waals surface area (Å²) in [6, 6.07) is 10.8. The summed E-state index contributed by atoms with van der Waals surface area (Å²) >= 11 is 5.82. The molecule has 0 fully saturated rings. The summed E-state index contributed by atoms with van der Waals surface area (Å²) in [5, 5.41) is 0.659. The Morgan fingerprint density at radius 1 is 1.21 bits per heavy atom. The molecule has 2 N–H and O–H groups in total. The minimum absolute atomic E-state index is 0.353. The number of pyridine rings is 1. The summed E-state index contributed by atoms with van der Waals surface area (Å²) in [5.74, 6) is 0.821. The maximum absolute atomic E-state index is 5.99. The van der Waals surface area contributed by atoms with Gasteiger partial charge in [0.2, 0.25) is 5.88 Å². The van der Waals surface area contributed by atoms with Gasteiger partial charge in [-0.3, -0.25) is 0 Å². The molecule has 98 valence electrons. The first-order valence-electron chi connectivity index (χ1n) is 5.72. The van der Waals surface area contributed by atoms with E-state index in [1.165, 1.54) is 0 Å². The lowest BCUT2D eigenvalue weighted by molar-refractivity contribution is 0.396. The topological polar surface area (TPSA) is 60.5 Å². The molecule has 0 saturated heterocycles. The van der Waals surface area contributed by atoms with Gasteiger partial charge in [0.1, 0.15) is 5.84 Å². The lowest BCUT2D eigenvalue weighted by atomic mass is 10.2. The number of ether oxygens (including phenoxy) is 1. The van der Waals surface area contributed by atoms with Gasteiger partial charge >= 0.3 is 0 Å². The predicted octanol–water partition coefficient (Wildman–Crippen LogP) is 3.09. The molecular formula is C14H14ClN3O. The average molecular weight is 276 g/mol. The predicted molar refractivity (Wildman–Crippen MR) is 77.4 cm³/mol. The Morgan fingerprint density at radius 3 is 2.53 bits per heavy atom. The number of benzene rings is 1. The highest BCUT2D eigenvalue weighted by Crippen LogP contribution is 2.20. The second kappa shape index (κ2) is 5.71. The number of rotatable bonds is 3. The summed E-state index contributed by atoms with van der Waals surface area (Å²) in [7, 11) is 1.56. The zero-order valence-electron chi connectivity index (χ0n) is 10.7. The van der Waals surface area contributed by atoms with Gasteiger partial charge in [-0.05, 0) is 43.3 Å². The van der Waals surface area contributed by atoms with Gasteiger partial charge in [0.05, 0.1) is 18.4 Å². The van der Waals surface area contributed by atoms with Gasteiger partial charge in [0.15, 0.2) is 0 Å². The van der Waals surface area contributed by atoms with Gasteiger partial charge in [-0.2, -0.15) is 0 Å². The van der Waals surface area contributed by atoms with Gasteiger partial charge < -0.3 is 10.5 Å². The Balaban J connectivity index is 2.38. The van der Waals surface area contributed by atoms with Crippen LogP contribution in [0.5, 0.6) is 5.88 Å². The van der Waals surface area contributed by atoms with E-state index in [-0.39, 0.29) is 0 Å². The van der Waals surface area contributed by atoms with E-state index in [1.54, 1.807) is 31.4 Å². The van der Waals surface area contributed by atoms with Crippen molar-refractivity contribution in [3.63, 3.8) is 0 Å². The van der Waals surface area contributed by atoms with Crippen LogP contribution in [0.15, 0.2) is 41.4 Å². The molecule has 4 nitrogen and oxygen atoms in total. The monoisotopic (exact) mass is 275 g/mol. The Labute approximate surface area is 116 Å². The van der Waals surface area contributed by atoms with Gasteiger partial charge in [0, 0.05) is 10.7 Å². The van der Waals surface area contributed by atoms with Crippen LogP contribution in [0.2, 0.25) is 5.02 Å². The number of amidine groups is 1. The highest BCUT2D eigenvalue weighted by molar-refractivity contribution is 6.30. The molecule has 0 unspecified atom stereocenters. The number of aliphatic imine (C=N–C) groups is 1. The molecule has 5 heteroatoms. The molecule has 0 radical (unpaired) electrons. The second-order valence-electron chi connectivity index (χ2n) is 3.98. The first-order chi connectivity index (χ1) is 9.10. The molecule has 0 spiro atoms. The summed E-state index contributed by atoms with van der Waals surface area (Å²) < 4.78 is 5.21. The van der Waals surface area contributed by atoms with Crippen molar-refractivity contribution in [2.75, 3.05) is 7.11 Å². The Bertz CT molecular complexity index is 609. The SMILES string of the molecule is COc1nc(C)ccc1C(N)=Nc1ccc(Cl)cc1. The number of hydrogen-bond donors (Lipinski definition) is 1. The molecule has 1 heterocycles. The van der Waals surface area contributed by atoms with Crippen molar-refractivity contribution < 1.29 is 4.74 Å². The highest BCUT2D eigenvalue weighted by atomic mass is 35.5. The van der Waals surface area contributed by atoms with Crippen LogP contribution in [-0.2, 0) is 0 Å². The van der Waals surface area contributed by atoms with Crippen LogP contribution < -0.4 is 10.5 Å². The zero-order chi connectivity index (χ0) is 13.8.